The van der Waals surface area contributed by atoms with E-state index in [2.05, 4.69) is 48.3 Å². The van der Waals surface area contributed by atoms with Gasteiger partial charge in [0.1, 0.15) is 11.0 Å². The molecule has 5 rings (SSSR count). The summed E-state index contributed by atoms with van der Waals surface area (Å²) >= 11 is 1.45. The van der Waals surface area contributed by atoms with Gasteiger partial charge in [-0.05, 0) is 121 Å². The molecule has 1 N–H and O–H groups in total. The van der Waals surface area contributed by atoms with Gasteiger partial charge in [0.2, 0.25) is 0 Å². The number of nitrogens with zero attached hydrogens (tertiary/aromatic N) is 1. The number of hydrogen-bond acceptors (Lipinski definition) is 5. The van der Waals surface area contributed by atoms with Crippen LogP contribution in [0, 0.1) is 6.92 Å². The Labute approximate surface area is 228 Å². The summed E-state index contributed by atoms with van der Waals surface area (Å²) in [6.45, 7) is 8.32. The van der Waals surface area contributed by atoms with Gasteiger partial charge in [-0.1, -0.05) is 43.4 Å². The minimum Gasteiger partial charge on any atom is -0.458 e. The van der Waals surface area contributed by atoms with Crippen LogP contribution >= 0.6 is 11.3 Å². The van der Waals surface area contributed by atoms with Gasteiger partial charge in [-0.3, -0.25) is 4.98 Å². The molecule has 0 bridgehead atoms. The van der Waals surface area contributed by atoms with Crippen molar-refractivity contribution < 1.29 is 9.53 Å². The Bertz CT molecular complexity index is 1540. The third kappa shape index (κ3) is 5.89. The topological polar surface area (TPSA) is 51.2 Å². The first-order chi connectivity index (χ1) is 18.5. The Morgan fingerprint density at radius 2 is 2.00 bits per heavy atom. The number of benzene rings is 1. The van der Waals surface area contributed by atoms with Crippen molar-refractivity contribution in [1.82, 2.24) is 10.3 Å². The molecule has 2 aromatic heterocycles. The molecule has 3 aromatic rings. The minimum absolute atomic E-state index is 0.0596. The molecule has 1 aliphatic heterocycles. The molecule has 38 heavy (non-hydrogen) atoms. The summed E-state index contributed by atoms with van der Waals surface area (Å²) in [5.41, 5.74) is 7.36. The largest absolute Gasteiger partial charge is 0.458 e. The van der Waals surface area contributed by atoms with E-state index >= 15 is 0 Å². The second-order valence-corrected chi connectivity index (χ2v) is 10.8. The molecule has 1 aromatic carbocycles. The molecule has 1 saturated carbocycles. The number of hydrogen-bond donors (Lipinski definition) is 1. The van der Waals surface area contributed by atoms with Gasteiger partial charge in [-0.15, -0.1) is 11.3 Å². The quantitative estimate of drug-likeness (QED) is 0.370. The Morgan fingerprint density at radius 1 is 1.16 bits per heavy atom. The molecule has 0 unspecified atom stereocenters. The normalized spacial score (nSPS) is 17.0. The van der Waals surface area contributed by atoms with Crippen molar-refractivity contribution in [3.05, 3.63) is 104 Å². The number of dihydropyridines is 1. The van der Waals surface area contributed by atoms with Crippen molar-refractivity contribution in [1.29, 1.82) is 0 Å². The Balaban J connectivity index is 1.45. The highest BCUT2D eigenvalue weighted by Crippen LogP contribution is 2.29. The van der Waals surface area contributed by atoms with Crippen LogP contribution in [-0.2, 0) is 4.74 Å². The summed E-state index contributed by atoms with van der Waals surface area (Å²) in [7, 11) is 0. The number of pyridine rings is 1. The molecule has 5 heteroatoms. The molecule has 1 fully saturated rings. The predicted molar refractivity (Wildman–Crippen MR) is 159 cm³/mol. The molecule has 4 nitrogen and oxygen atoms in total. The van der Waals surface area contributed by atoms with Crippen LogP contribution in [-0.4, -0.2) is 17.1 Å². The van der Waals surface area contributed by atoms with Crippen LogP contribution in [0.2, 0.25) is 0 Å². The van der Waals surface area contributed by atoms with E-state index in [-0.39, 0.29) is 12.1 Å². The van der Waals surface area contributed by atoms with Gasteiger partial charge in [0.15, 0.2) is 0 Å². The molecule has 0 radical (unpaired) electrons. The summed E-state index contributed by atoms with van der Waals surface area (Å²) in [5, 5.41) is 7.46. The maximum Gasteiger partial charge on any atom is 0.348 e. The zero-order valence-electron chi connectivity index (χ0n) is 22.1. The smallest absolute Gasteiger partial charge is 0.348 e. The van der Waals surface area contributed by atoms with Gasteiger partial charge < -0.3 is 10.1 Å². The number of nitrogens with one attached hydrogen (secondary N) is 1. The van der Waals surface area contributed by atoms with Crippen LogP contribution in [0.5, 0.6) is 0 Å². The third-order valence-corrected chi connectivity index (χ3v) is 8.10. The number of carbonyl (C=O) groups excluding carboxylic acids is 1. The number of aryl methyl sites for hydroxylation is 1. The minimum atomic E-state index is -0.203. The van der Waals surface area contributed by atoms with Crippen LogP contribution < -0.4 is 15.8 Å². The standard InChI is InChI=1S/C33H34N2O2S/c1-4-24(27-20-31(38-21-27)33(36)37-28-11-6-5-7-12-28)18-26-19-25(16-15-22(26)2)29-13-9-17-34-32(29)30-14-8-10-23(3)35-30/h4,8-10,14-21,28,34H,2,5-7,11-13H2,1,3H3/b24-4+,26-18-. The number of allylic oxidation sites excluding steroid dienone is 4. The first-order valence-electron chi connectivity index (χ1n) is 13.4. The molecule has 0 amide bonds. The molecule has 0 atom stereocenters. The molecule has 2 aliphatic rings. The summed E-state index contributed by atoms with van der Waals surface area (Å²) in [5.74, 6) is -0.203. The molecule has 1 aliphatic carbocycles. The lowest BCUT2D eigenvalue weighted by Gasteiger charge is -2.21. The van der Waals surface area contributed by atoms with E-state index in [4.69, 9.17) is 9.72 Å². The summed E-state index contributed by atoms with van der Waals surface area (Å²) in [6.07, 6.45) is 14.7. The second-order valence-electron chi connectivity index (χ2n) is 9.94. The van der Waals surface area contributed by atoms with Crippen molar-refractivity contribution >= 4 is 46.8 Å². The van der Waals surface area contributed by atoms with Crippen LogP contribution in [0.4, 0.5) is 0 Å². The number of rotatable bonds is 6. The number of esters is 1. The number of aromatic nitrogens is 1. The highest BCUT2D eigenvalue weighted by atomic mass is 32.1. The fourth-order valence-corrected chi connectivity index (χ4v) is 5.88. The highest BCUT2D eigenvalue weighted by molar-refractivity contribution is 7.12. The first kappa shape index (κ1) is 25.9. The van der Waals surface area contributed by atoms with E-state index in [0.717, 1.165) is 76.3 Å². The van der Waals surface area contributed by atoms with E-state index in [9.17, 15) is 4.79 Å². The zero-order valence-corrected chi connectivity index (χ0v) is 22.9. The fraction of sp³-hybridized carbons (Fsp3) is 0.273. The van der Waals surface area contributed by atoms with Gasteiger partial charge >= 0.3 is 5.97 Å². The van der Waals surface area contributed by atoms with Gasteiger partial charge in [0, 0.05) is 5.69 Å². The number of carbonyl (C=O) groups is 1. The third-order valence-electron chi connectivity index (χ3n) is 7.19. The van der Waals surface area contributed by atoms with E-state index < -0.39 is 0 Å². The van der Waals surface area contributed by atoms with Gasteiger partial charge in [0.05, 0.1) is 11.4 Å². The second kappa shape index (κ2) is 11.8. The first-order valence-corrected chi connectivity index (χ1v) is 14.3. The van der Waals surface area contributed by atoms with Crippen molar-refractivity contribution in [3.63, 3.8) is 0 Å². The van der Waals surface area contributed by atoms with E-state index in [1.165, 1.54) is 23.3 Å². The average Bonchev–Trinajstić information content (AvgIpc) is 3.44. The number of ether oxygens (including phenoxy) is 1. The lowest BCUT2D eigenvalue weighted by molar-refractivity contribution is 0.0217. The Kier molecular flexibility index (Phi) is 8.04. The average molecular weight is 523 g/mol. The summed E-state index contributed by atoms with van der Waals surface area (Å²) < 4.78 is 5.79. The summed E-state index contributed by atoms with van der Waals surface area (Å²) in [6, 6.07) is 14.4. The fourth-order valence-electron chi connectivity index (χ4n) is 5.09. The molecular weight excluding hydrogens is 488 g/mol. The maximum absolute atomic E-state index is 12.8. The Hall–Kier alpha value is -3.70. The lowest BCUT2D eigenvalue weighted by atomic mass is 9.95. The molecule has 0 saturated heterocycles. The van der Waals surface area contributed by atoms with Crippen LogP contribution in [0.3, 0.4) is 0 Å². The van der Waals surface area contributed by atoms with Gasteiger partial charge in [-0.25, -0.2) is 4.79 Å². The van der Waals surface area contributed by atoms with E-state index in [1.807, 2.05) is 49.7 Å². The molecule has 3 heterocycles. The van der Waals surface area contributed by atoms with Crippen molar-refractivity contribution in [2.45, 2.75) is 58.5 Å². The Morgan fingerprint density at radius 3 is 2.79 bits per heavy atom. The predicted octanol–water partition coefficient (Wildman–Crippen LogP) is 6.61. The van der Waals surface area contributed by atoms with Crippen LogP contribution in [0.1, 0.15) is 77.6 Å². The van der Waals surface area contributed by atoms with E-state index in [0.29, 0.717) is 4.88 Å². The molecule has 0 spiro atoms. The molecule has 194 valence electrons. The van der Waals surface area contributed by atoms with Crippen molar-refractivity contribution in [2.24, 2.45) is 0 Å². The van der Waals surface area contributed by atoms with Crippen molar-refractivity contribution in [3.8, 4) is 0 Å². The monoisotopic (exact) mass is 522 g/mol. The maximum atomic E-state index is 12.8. The lowest BCUT2D eigenvalue weighted by Crippen LogP contribution is -2.24. The zero-order chi connectivity index (χ0) is 26.5. The molecular formula is C33H34N2O2S. The van der Waals surface area contributed by atoms with Gasteiger partial charge in [0.25, 0.3) is 0 Å². The van der Waals surface area contributed by atoms with Gasteiger partial charge in [-0.2, -0.15) is 0 Å². The van der Waals surface area contributed by atoms with E-state index in [1.54, 1.807) is 0 Å². The highest BCUT2D eigenvalue weighted by Gasteiger charge is 2.20. The van der Waals surface area contributed by atoms with Crippen LogP contribution in [0.25, 0.3) is 29.5 Å². The van der Waals surface area contributed by atoms with Crippen LogP contribution in [0.15, 0.2) is 66.2 Å². The van der Waals surface area contributed by atoms with Crippen molar-refractivity contribution in [2.75, 3.05) is 0 Å². The summed E-state index contributed by atoms with van der Waals surface area (Å²) in [4.78, 5) is 18.2. The number of thiophene rings is 1. The SMILES string of the molecule is C=c1ccc(C2=C(c3cccc(C)n3)NC=CC2)c/c1=C/C(=C\C)c1csc(C(=O)OC2CCCCC2)c1.